The van der Waals surface area contributed by atoms with Gasteiger partial charge in [0.25, 0.3) is 0 Å². The molecule has 0 radical (unpaired) electrons. The van der Waals surface area contributed by atoms with Gasteiger partial charge in [-0.3, -0.25) is 0 Å². The van der Waals surface area contributed by atoms with E-state index in [9.17, 15) is 0 Å². The van der Waals surface area contributed by atoms with Crippen molar-refractivity contribution >= 4 is 11.6 Å². The zero-order valence-electron chi connectivity index (χ0n) is 9.43. The molecule has 90 valence electrons. The molecule has 0 amide bonds. The van der Waals surface area contributed by atoms with Crippen LogP contribution in [0.5, 0.6) is 5.88 Å². The van der Waals surface area contributed by atoms with Crippen molar-refractivity contribution in [1.82, 2.24) is 9.78 Å². The first-order valence-corrected chi connectivity index (χ1v) is 5.56. The lowest BCUT2D eigenvalue weighted by Gasteiger charge is -2.07. The molecule has 0 aliphatic heterocycles. The summed E-state index contributed by atoms with van der Waals surface area (Å²) in [6, 6.07) is 7.55. The number of rotatable bonds is 4. The third kappa shape index (κ3) is 2.60. The van der Waals surface area contributed by atoms with E-state index in [2.05, 4.69) is 5.10 Å². The van der Waals surface area contributed by atoms with Crippen LogP contribution in [-0.4, -0.2) is 22.0 Å². The van der Waals surface area contributed by atoms with Gasteiger partial charge in [-0.05, 0) is 17.7 Å². The summed E-state index contributed by atoms with van der Waals surface area (Å²) in [6.45, 7) is 0.475. The molecule has 0 saturated carbocycles. The van der Waals surface area contributed by atoms with E-state index in [-0.39, 0.29) is 6.61 Å². The normalized spacial score (nSPS) is 10.5. The van der Waals surface area contributed by atoms with E-state index >= 15 is 0 Å². The first kappa shape index (κ1) is 12.0. The maximum Gasteiger partial charge on any atom is 0.217 e. The molecule has 1 heterocycles. The molecule has 2 rings (SSSR count). The van der Waals surface area contributed by atoms with Gasteiger partial charge in [0.2, 0.25) is 5.88 Å². The van der Waals surface area contributed by atoms with Gasteiger partial charge < -0.3 is 9.84 Å². The van der Waals surface area contributed by atoms with E-state index in [1.807, 2.05) is 24.3 Å². The lowest BCUT2D eigenvalue weighted by Crippen LogP contribution is -2.04. The summed E-state index contributed by atoms with van der Waals surface area (Å²) < 4.78 is 6.91. The van der Waals surface area contributed by atoms with Crippen molar-refractivity contribution in [3.63, 3.8) is 0 Å². The van der Waals surface area contributed by atoms with Crippen molar-refractivity contribution in [2.24, 2.45) is 0 Å². The van der Waals surface area contributed by atoms with Gasteiger partial charge in [0.15, 0.2) is 0 Å². The first-order valence-electron chi connectivity index (χ1n) is 5.18. The Morgan fingerprint density at radius 1 is 1.47 bits per heavy atom. The summed E-state index contributed by atoms with van der Waals surface area (Å²) >= 11 is 5.92. The number of benzene rings is 1. The van der Waals surface area contributed by atoms with E-state index < -0.39 is 0 Å². The van der Waals surface area contributed by atoms with E-state index in [1.54, 1.807) is 18.0 Å². The summed E-state index contributed by atoms with van der Waals surface area (Å²) in [5, 5.41) is 14.0. The summed E-state index contributed by atoms with van der Waals surface area (Å²) in [7, 11) is 1.56. The highest BCUT2D eigenvalue weighted by molar-refractivity contribution is 6.30. The van der Waals surface area contributed by atoms with Crippen molar-refractivity contribution in [2.45, 2.75) is 13.2 Å². The zero-order valence-corrected chi connectivity index (χ0v) is 10.2. The maximum atomic E-state index is 9.12. The van der Waals surface area contributed by atoms with Gasteiger partial charge in [0.1, 0.15) is 0 Å². The number of ether oxygens (including phenoxy) is 1. The molecule has 1 N–H and O–H groups in total. The third-order valence-corrected chi connectivity index (χ3v) is 2.68. The highest BCUT2D eigenvalue weighted by atomic mass is 35.5. The molecule has 0 fully saturated rings. The molecule has 1 aromatic heterocycles. The van der Waals surface area contributed by atoms with Crippen LogP contribution in [0.4, 0.5) is 0 Å². The highest BCUT2D eigenvalue weighted by Crippen LogP contribution is 2.20. The van der Waals surface area contributed by atoms with E-state index in [0.717, 1.165) is 5.56 Å². The fraction of sp³-hybridized carbons (Fsp3) is 0.250. The summed E-state index contributed by atoms with van der Waals surface area (Å²) in [4.78, 5) is 0. The predicted octanol–water partition coefficient (Wildman–Crippen LogP) is 2.09. The predicted molar refractivity (Wildman–Crippen MR) is 65.3 cm³/mol. The van der Waals surface area contributed by atoms with Gasteiger partial charge in [0, 0.05) is 5.02 Å². The largest absolute Gasteiger partial charge is 0.481 e. The van der Waals surface area contributed by atoms with Gasteiger partial charge in [-0.15, -0.1) is 0 Å². The summed E-state index contributed by atoms with van der Waals surface area (Å²) in [5.74, 6) is 0.576. The molecule has 5 heteroatoms. The second-order valence-electron chi connectivity index (χ2n) is 3.62. The van der Waals surface area contributed by atoms with Crippen molar-refractivity contribution in [3.8, 4) is 5.88 Å². The minimum absolute atomic E-state index is 0.0846. The Kier molecular flexibility index (Phi) is 3.66. The van der Waals surface area contributed by atoms with Gasteiger partial charge >= 0.3 is 0 Å². The van der Waals surface area contributed by atoms with Crippen molar-refractivity contribution in [3.05, 3.63) is 46.6 Å². The maximum absolute atomic E-state index is 9.12. The fourth-order valence-electron chi connectivity index (χ4n) is 1.68. The Morgan fingerprint density at radius 2 is 2.29 bits per heavy atom. The molecule has 0 bridgehead atoms. The number of aliphatic hydroxyl groups excluding tert-OH is 1. The molecule has 0 saturated heterocycles. The van der Waals surface area contributed by atoms with Gasteiger partial charge in [-0.2, -0.15) is 5.10 Å². The van der Waals surface area contributed by atoms with Crippen LogP contribution in [0, 0.1) is 0 Å². The van der Waals surface area contributed by atoms with Gasteiger partial charge in [-0.25, -0.2) is 4.68 Å². The Hall–Kier alpha value is -1.52. The number of aromatic nitrogens is 2. The molecule has 4 nitrogen and oxygen atoms in total. The van der Waals surface area contributed by atoms with Crippen molar-refractivity contribution < 1.29 is 9.84 Å². The van der Waals surface area contributed by atoms with E-state index in [1.165, 1.54) is 0 Å². The number of hydrogen-bond acceptors (Lipinski definition) is 3. The lowest BCUT2D eigenvalue weighted by molar-refractivity contribution is 0.270. The van der Waals surface area contributed by atoms with Crippen LogP contribution in [0.1, 0.15) is 11.1 Å². The molecule has 0 aliphatic rings. The first-order chi connectivity index (χ1) is 8.24. The van der Waals surface area contributed by atoms with Crippen molar-refractivity contribution in [2.75, 3.05) is 7.11 Å². The molecule has 0 atom stereocenters. The molecular formula is C12H13ClN2O2. The van der Waals surface area contributed by atoms with Crippen LogP contribution in [-0.2, 0) is 13.2 Å². The van der Waals surface area contributed by atoms with Crippen LogP contribution in [0.25, 0.3) is 0 Å². The van der Waals surface area contributed by atoms with Crippen LogP contribution < -0.4 is 4.74 Å². The fourth-order valence-corrected chi connectivity index (χ4v) is 1.89. The summed E-state index contributed by atoms with van der Waals surface area (Å²) in [5.41, 5.74) is 1.71. The Balaban J connectivity index is 2.27. The van der Waals surface area contributed by atoms with Crippen molar-refractivity contribution in [1.29, 1.82) is 0 Å². The average Bonchev–Trinajstić information content (AvgIpc) is 2.71. The lowest BCUT2D eigenvalue weighted by atomic mass is 10.2. The topological polar surface area (TPSA) is 47.3 Å². The van der Waals surface area contributed by atoms with Crippen LogP contribution in [0.2, 0.25) is 5.02 Å². The Labute approximate surface area is 104 Å². The minimum Gasteiger partial charge on any atom is -0.481 e. The number of halogens is 1. The average molecular weight is 253 g/mol. The smallest absolute Gasteiger partial charge is 0.217 e. The molecule has 17 heavy (non-hydrogen) atoms. The van der Waals surface area contributed by atoms with Crippen LogP contribution in [0.15, 0.2) is 30.5 Å². The Morgan fingerprint density at radius 3 is 2.94 bits per heavy atom. The van der Waals surface area contributed by atoms with E-state index in [0.29, 0.717) is 23.0 Å². The van der Waals surface area contributed by atoms with Gasteiger partial charge in [0.05, 0.1) is 32.0 Å². The molecule has 0 unspecified atom stereocenters. The SMILES string of the molecule is COc1c(CO)cnn1Cc1cccc(Cl)c1. The third-order valence-electron chi connectivity index (χ3n) is 2.45. The van der Waals surface area contributed by atoms with Crippen LogP contribution in [0.3, 0.4) is 0 Å². The standard InChI is InChI=1S/C12H13ClN2O2/c1-17-12-10(8-16)6-14-15(12)7-9-3-2-4-11(13)5-9/h2-6,16H,7-8H2,1H3. The molecule has 2 aromatic rings. The quantitative estimate of drug-likeness (QED) is 0.906. The molecule has 0 spiro atoms. The second kappa shape index (κ2) is 5.21. The minimum atomic E-state index is -0.0846. The monoisotopic (exact) mass is 252 g/mol. The second-order valence-corrected chi connectivity index (χ2v) is 4.06. The Bertz CT molecular complexity index is 511. The number of nitrogens with zero attached hydrogens (tertiary/aromatic N) is 2. The number of aliphatic hydroxyl groups is 1. The molecular weight excluding hydrogens is 240 g/mol. The number of hydrogen-bond donors (Lipinski definition) is 1. The molecule has 0 aliphatic carbocycles. The highest BCUT2D eigenvalue weighted by Gasteiger charge is 2.10. The number of methoxy groups -OCH3 is 1. The summed E-state index contributed by atoms with van der Waals surface area (Å²) in [6.07, 6.45) is 1.60. The molecule has 1 aromatic carbocycles. The van der Waals surface area contributed by atoms with Crippen LogP contribution >= 0.6 is 11.6 Å². The van der Waals surface area contributed by atoms with Gasteiger partial charge in [-0.1, -0.05) is 23.7 Å². The zero-order chi connectivity index (χ0) is 12.3. The van der Waals surface area contributed by atoms with E-state index in [4.69, 9.17) is 21.4 Å².